The van der Waals surface area contributed by atoms with Crippen LogP contribution in [0.4, 0.5) is 0 Å². The Hall–Kier alpha value is -0.650. The van der Waals surface area contributed by atoms with Crippen molar-refractivity contribution < 1.29 is 9.53 Å². The molecule has 0 bridgehead atoms. The van der Waals surface area contributed by atoms with Crippen molar-refractivity contribution in [3.8, 4) is 0 Å². The Morgan fingerprint density at radius 1 is 1.25 bits per heavy atom. The third-order valence-corrected chi connectivity index (χ3v) is 5.15. The molecule has 0 aromatic carbocycles. The molecule has 114 valence electrons. The number of ether oxygens (including phenoxy) is 1. The van der Waals surface area contributed by atoms with E-state index in [9.17, 15) is 4.79 Å². The fraction of sp³-hybridized carbons (Fsp3) is 0.933. The molecule has 3 aliphatic rings. The highest BCUT2D eigenvalue weighted by atomic mass is 16.5. The second-order valence-electron chi connectivity index (χ2n) is 6.65. The molecule has 4 atom stereocenters. The van der Waals surface area contributed by atoms with Crippen LogP contribution >= 0.6 is 0 Å². The molecule has 0 aromatic rings. The molecule has 0 spiro atoms. The summed E-state index contributed by atoms with van der Waals surface area (Å²) in [5.74, 6) is 1.45. The largest absolute Gasteiger partial charge is 0.376 e. The first-order valence-electron chi connectivity index (χ1n) is 8.08. The monoisotopic (exact) mass is 281 g/mol. The van der Waals surface area contributed by atoms with Crippen LogP contribution in [0.5, 0.6) is 0 Å². The van der Waals surface area contributed by atoms with Crippen molar-refractivity contribution in [1.29, 1.82) is 0 Å². The maximum Gasteiger partial charge on any atom is 0.234 e. The first kappa shape index (κ1) is 14.3. The second-order valence-corrected chi connectivity index (χ2v) is 6.65. The lowest BCUT2D eigenvalue weighted by Crippen LogP contribution is -2.40. The van der Waals surface area contributed by atoms with Gasteiger partial charge in [0.2, 0.25) is 5.91 Å². The average Bonchev–Trinajstić information content (AvgIpc) is 3.05. The van der Waals surface area contributed by atoms with Crippen LogP contribution in [0.2, 0.25) is 0 Å². The van der Waals surface area contributed by atoms with Gasteiger partial charge in [-0.25, -0.2) is 0 Å². The van der Waals surface area contributed by atoms with Crippen molar-refractivity contribution in [2.45, 2.75) is 44.2 Å². The minimum absolute atomic E-state index is 0.132. The van der Waals surface area contributed by atoms with Gasteiger partial charge in [-0.1, -0.05) is 6.42 Å². The highest BCUT2D eigenvalue weighted by Gasteiger charge is 2.38. The molecular formula is C15H27N3O2. The molecule has 0 radical (unpaired) electrons. The Morgan fingerprint density at radius 2 is 2.15 bits per heavy atom. The number of fused-ring (bicyclic) bond motifs is 1. The summed E-state index contributed by atoms with van der Waals surface area (Å²) in [4.78, 5) is 14.3. The Bertz CT molecular complexity index is 344. The lowest BCUT2D eigenvalue weighted by Gasteiger charge is -2.29. The van der Waals surface area contributed by atoms with Crippen molar-refractivity contribution in [3.63, 3.8) is 0 Å². The summed E-state index contributed by atoms with van der Waals surface area (Å²) < 4.78 is 5.52. The van der Waals surface area contributed by atoms with E-state index in [0.717, 1.165) is 39.0 Å². The van der Waals surface area contributed by atoms with Crippen LogP contribution in [-0.4, -0.2) is 55.7 Å². The van der Waals surface area contributed by atoms with Crippen LogP contribution in [0.3, 0.4) is 0 Å². The molecule has 2 aliphatic heterocycles. The molecule has 5 nitrogen and oxygen atoms in total. The molecule has 3 rings (SSSR count). The SMILES string of the molecule is NC1CCCC2CN(CC(=O)NCC3CCCO3)CC12. The number of hydrogen-bond acceptors (Lipinski definition) is 4. The number of nitrogens with two attached hydrogens (primary N) is 1. The zero-order valence-electron chi connectivity index (χ0n) is 12.2. The van der Waals surface area contributed by atoms with Gasteiger partial charge in [0.25, 0.3) is 0 Å². The summed E-state index contributed by atoms with van der Waals surface area (Å²) in [6.07, 6.45) is 6.11. The maximum absolute atomic E-state index is 12.0. The van der Waals surface area contributed by atoms with Crippen molar-refractivity contribution in [1.82, 2.24) is 10.2 Å². The summed E-state index contributed by atoms with van der Waals surface area (Å²) in [7, 11) is 0. The molecule has 2 heterocycles. The van der Waals surface area contributed by atoms with Gasteiger partial charge in [0.1, 0.15) is 0 Å². The minimum atomic E-state index is 0.132. The molecule has 20 heavy (non-hydrogen) atoms. The number of amides is 1. The van der Waals surface area contributed by atoms with Crippen LogP contribution in [0, 0.1) is 11.8 Å². The summed E-state index contributed by atoms with van der Waals surface area (Å²) in [5.41, 5.74) is 6.21. The summed E-state index contributed by atoms with van der Waals surface area (Å²) in [6, 6.07) is 0.341. The number of carbonyl (C=O) groups excluding carboxylic acids is 1. The Kier molecular flexibility index (Phi) is 4.58. The predicted molar refractivity (Wildman–Crippen MR) is 77.2 cm³/mol. The van der Waals surface area contributed by atoms with Crippen LogP contribution in [0.1, 0.15) is 32.1 Å². The van der Waals surface area contributed by atoms with Crippen molar-refractivity contribution in [2.24, 2.45) is 17.6 Å². The second kappa shape index (κ2) is 6.41. The first-order valence-corrected chi connectivity index (χ1v) is 8.08. The van der Waals surface area contributed by atoms with Crippen LogP contribution in [0.15, 0.2) is 0 Å². The summed E-state index contributed by atoms with van der Waals surface area (Å²) >= 11 is 0. The van der Waals surface area contributed by atoms with Crippen molar-refractivity contribution in [3.05, 3.63) is 0 Å². The van der Waals surface area contributed by atoms with E-state index >= 15 is 0 Å². The number of nitrogens with one attached hydrogen (secondary N) is 1. The first-order chi connectivity index (χ1) is 9.72. The third-order valence-electron chi connectivity index (χ3n) is 5.15. The smallest absolute Gasteiger partial charge is 0.234 e. The van der Waals surface area contributed by atoms with Gasteiger partial charge >= 0.3 is 0 Å². The molecule has 2 saturated heterocycles. The highest BCUT2D eigenvalue weighted by Crippen LogP contribution is 2.35. The van der Waals surface area contributed by atoms with Gasteiger partial charge in [0.05, 0.1) is 12.6 Å². The van der Waals surface area contributed by atoms with Crippen molar-refractivity contribution >= 4 is 5.91 Å². The number of likely N-dealkylation sites (tertiary alicyclic amines) is 1. The van der Waals surface area contributed by atoms with E-state index in [4.69, 9.17) is 10.5 Å². The topological polar surface area (TPSA) is 67.6 Å². The summed E-state index contributed by atoms with van der Waals surface area (Å²) in [5, 5.41) is 3.01. The fourth-order valence-electron chi connectivity index (χ4n) is 4.03. The molecule has 5 heteroatoms. The van der Waals surface area contributed by atoms with Gasteiger partial charge < -0.3 is 15.8 Å². The van der Waals surface area contributed by atoms with E-state index in [1.54, 1.807) is 0 Å². The predicted octanol–water partition coefficient (Wildman–Crippen LogP) is 0.341. The minimum Gasteiger partial charge on any atom is -0.376 e. The van der Waals surface area contributed by atoms with Crippen LogP contribution in [-0.2, 0) is 9.53 Å². The Labute approximate surface area is 121 Å². The lowest BCUT2D eigenvalue weighted by molar-refractivity contribution is -0.122. The molecular weight excluding hydrogens is 254 g/mol. The van der Waals surface area contributed by atoms with Gasteiger partial charge in [-0.3, -0.25) is 9.69 Å². The van der Waals surface area contributed by atoms with Gasteiger partial charge in [0.15, 0.2) is 0 Å². The van der Waals surface area contributed by atoms with E-state index in [0.29, 0.717) is 31.0 Å². The Balaban J connectivity index is 1.40. The number of carbonyl (C=O) groups is 1. The molecule has 1 amide bonds. The quantitative estimate of drug-likeness (QED) is 0.780. The molecule has 3 N–H and O–H groups in total. The normalized spacial score (nSPS) is 37.9. The zero-order valence-corrected chi connectivity index (χ0v) is 12.2. The van der Waals surface area contributed by atoms with Gasteiger partial charge in [-0.2, -0.15) is 0 Å². The zero-order chi connectivity index (χ0) is 13.9. The molecule has 1 saturated carbocycles. The standard InChI is InChI=1S/C15H27N3O2/c16-14-5-1-3-11-8-18(9-13(11)14)10-15(19)17-7-12-4-2-6-20-12/h11-14H,1-10,16H2,(H,17,19). The van der Waals surface area contributed by atoms with Crippen LogP contribution in [0.25, 0.3) is 0 Å². The molecule has 1 aliphatic carbocycles. The van der Waals surface area contributed by atoms with Crippen LogP contribution < -0.4 is 11.1 Å². The van der Waals surface area contributed by atoms with E-state index in [-0.39, 0.29) is 12.0 Å². The van der Waals surface area contributed by atoms with E-state index in [1.165, 1.54) is 12.8 Å². The maximum atomic E-state index is 12.0. The van der Waals surface area contributed by atoms with Gasteiger partial charge in [-0.05, 0) is 37.5 Å². The van der Waals surface area contributed by atoms with Crippen molar-refractivity contribution in [2.75, 3.05) is 32.8 Å². The van der Waals surface area contributed by atoms with E-state index in [1.807, 2.05) is 0 Å². The number of hydrogen-bond donors (Lipinski definition) is 2. The molecule has 3 fully saturated rings. The average molecular weight is 281 g/mol. The lowest BCUT2D eigenvalue weighted by atomic mass is 9.78. The Morgan fingerprint density at radius 3 is 2.90 bits per heavy atom. The van der Waals surface area contributed by atoms with E-state index < -0.39 is 0 Å². The number of rotatable bonds is 4. The van der Waals surface area contributed by atoms with Gasteiger partial charge in [-0.15, -0.1) is 0 Å². The summed E-state index contributed by atoms with van der Waals surface area (Å²) in [6.45, 7) is 4.07. The highest BCUT2D eigenvalue weighted by molar-refractivity contribution is 5.78. The fourth-order valence-corrected chi connectivity index (χ4v) is 4.03. The van der Waals surface area contributed by atoms with Gasteiger partial charge in [0, 0.05) is 32.3 Å². The third kappa shape index (κ3) is 3.32. The molecule has 0 aromatic heterocycles. The van der Waals surface area contributed by atoms with E-state index in [2.05, 4.69) is 10.2 Å². The number of nitrogens with zero attached hydrogens (tertiary/aromatic N) is 1. The molecule has 4 unspecified atom stereocenters.